The number of carboxylic acid groups (broad SMARTS) is 1. The molecule has 0 aromatic heterocycles. The summed E-state index contributed by atoms with van der Waals surface area (Å²) >= 11 is 0. The first kappa shape index (κ1) is 9.83. The summed E-state index contributed by atoms with van der Waals surface area (Å²) in [5.41, 5.74) is 2.05. The van der Waals surface area contributed by atoms with Gasteiger partial charge in [-0.25, -0.2) is 4.79 Å². The smallest absolute Gasteiger partial charge is 0.407 e. The molecule has 0 unspecified atom stereocenters. The SMILES string of the molecule is O=C(O)N1CCCc2ccc(O)cc2C1. The van der Waals surface area contributed by atoms with Gasteiger partial charge >= 0.3 is 6.09 Å². The highest BCUT2D eigenvalue weighted by Gasteiger charge is 2.18. The van der Waals surface area contributed by atoms with Crippen molar-refractivity contribution in [2.75, 3.05) is 6.54 Å². The van der Waals surface area contributed by atoms with Crippen LogP contribution in [0.2, 0.25) is 0 Å². The molecule has 0 bridgehead atoms. The van der Waals surface area contributed by atoms with Gasteiger partial charge in [0.05, 0.1) is 0 Å². The first-order chi connectivity index (χ1) is 7.16. The van der Waals surface area contributed by atoms with Gasteiger partial charge in [0.25, 0.3) is 0 Å². The number of rotatable bonds is 0. The summed E-state index contributed by atoms with van der Waals surface area (Å²) in [5.74, 6) is 0.195. The van der Waals surface area contributed by atoms with E-state index in [1.807, 2.05) is 6.07 Å². The molecule has 4 heteroatoms. The molecule has 1 amide bonds. The molecule has 1 aromatic carbocycles. The van der Waals surface area contributed by atoms with Crippen LogP contribution >= 0.6 is 0 Å². The molecule has 0 aliphatic carbocycles. The predicted octanol–water partition coefficient (Wildman–Crippen LogP) is 1.82. The molecule has 1 heterocycles. The van der Waals surface area contributed by atoms with Crippen molar-refractivity contribution in [3.8, 4) is 5.75 Å². The lowest BCUT2D eigenvalue weighted by molar-refractivity contribution is 0.143. The Labute approximate surface area is 87.8 Å². The van der Waals surface area contributed by atoms with E-state index in [0.29, 0.717) is 13.1 Å². The third kappa shape index (κ3) is 2.03. The Balaban J connectivity index is 2.31. The maximum Gasteiger partial charge on any atom is 0.407 e. The molecule has 2 rings (SSSR count). The van der Waals surface area contributed by atoms with Gasteiger partial charge in [-0.1, -0.05) is 6.07 Å². The lowest BCUT2D eigenvalue weighted by Gasteiger charge is -2.16. The van der Waals surface area contributed by atoms with Crippen LogP contribution in [-0.4, -0.2) is 27.8 Å². The predicted molar refractivity (Wildman–Crippen MR) is 54.9 cm³/mol. The van der Waals surface area contributed by atoms with Crippen molar-refractivity contribution in [3.05, 3.63) is 29.3 Å². The first-order valence-electron chi connectivity index (χ1n) is 4.95. The number of benzene rings is 1. The fourth-order valence-electron chi connectivity index (χ4n) is 1.91. The summed E-state index contributed by atoms with van der Waals surface area (Å²) in [6.45, 7) is 0.934. The highest BCUT2D eigenvalue weighted by molar-refractivity contribution is 5.65. The van der Waals surface area contributed by atoms with Crippen LogP contribution in [0.5, 0.6) is 5.75 Å². The second-order valence-electron chi connectivity index (χ2n) is 3.76. The van der Waals surface area contributed by atoms with E-state index in [0.717, 1.165) is 24.0 Å². The van der Waals surface area contributed by atoms with E-state index in [1.54, 1.807) is 12.1 Å². The summed E-state index contributed by atoms with van der Waals surface area (Å²) in [5, 5.41) is 18.3. The largest absolute Gasteiger partial charge is 0.508 e. The number of hydrogen-bond acceptors (Lipinski definition) is 2. The third-order valence-electron chi connectivity index (χ3n) is 2.70. The van der Waals surface area contributed by atoms with E-state index in [4.69, 9.17) is 5.11 Å². The Morgan fingerprint density at radius 1 is 1.33 bits per heavy atom. The third-order valence-corrected chi connectivity index (χ3v) is 2.70. The standard InChI is InChI=1S/C11H13NO3/c13-10-4-3-8-2-1-5-12(11(14)15)7-9(8)6-10/h3-4,6,13H,1-2,5,7H2,(H,14,15). The summed E-state index contributed by atoms with van der Waals surface area (Å²) < 4.78 is 0. The Morgan fingerprint density at radius 3 is 2.87 bits per heavy atom. The fraction of sp³-hybridized carbons (Fsp3) is 0.364. The molecule has 0 saturated carbocycles. The molecule has 0 fully saturated rings. The number of aromatic hydroxyl groups is 1. The molecule has 4 nitrogen and oxygen atoms in total. The van der Waals surface area contributed by atoms with Crippen LogP contribution in [0.1, 0.15) is 17.5 Å². The molecule has 1 aliphatic heterocycles. The van der Waals surface area contributed by atoms with Crippen molar-refractivity contribution in [2.45, 2.75) is 19.4 Å². The Bertz CT molecular complexity index is 389. The quantitative estimate of drug-likeness (QED) is 0.682. The normalized spacial score (nSPS) is 15.6. The van der Waals surface area contributed by atoms with Crippen molar-refractivity contribution >= 4 is 6.09 Å². The van der Waals surface area contributed by atoms with E-state index in [-0.39, 0.29) is 5.75 Å². The number of phenols is 1. The van der Waals surface area contributed by atoms with Crippen molar-refractivity contribution in [2.24, 2.45) is 0 Å². The number of amides is 1. The van der Waals surface area contributed by atoms with E-state index in [2.05, 4.69) is 0 Å². The zero-order chi connectivity index (χ0) is 10.8. The number of hydrogen-bond donors (Lipinski definition) is 2. The van der Waals surface area contributed by atoms with Crippen LogP contribution in [0.15, 0.2) is 18.2 Å². The highest BCUT2D eigenvalue weighted by Crippen LogP contribution is 2.22. The number of fused-ring (bicyclic) bond motifs is 1. The average molecular weight is 207 g/mol. The van der Waals surface area contributed by atoms with Crippen molar-refractivity contribution in [1.29, 1.82) is 0 Å². The molecule has 0 atom stereocenters. The van der Waals surface area contributed by atoms with Gasteiger partial charge in [0.2, 0.25) is 0 Å². The van der Waals surface area contributed by atoms with Crippen LogP contribution in [0, 0.1) is 0 Å². The van der Waals surface area contributed by atoms with Gasteiger partial charge in [-0.3, -0.25) is 0 Å². The summed E-state index contributed by atoms with van der Waals surface area (Å²) in [6.07, 6.45) is 0.815. The molecule has 1 aromatic rings. The second kappa shape index (κ2) is 3.81. The number of nitrogens with zero attached hydrogens (tertiary/aromatic N) is 1. The maximum absolute atomic E-state index is 10.9. The number of aryl methyl sites for hydroxylation is 1. The molecule has 0 radical (unpaired) electrons. The van der Waals surface area contributed by atoms with Gasteiger partial charge in [0.15, 0.2) is 0 Å². The monoisotopic (exact) mass is 207 g/mol. The highest BCUT2D eigenvalue weighted by atomic mass is 16.4. The van der Waals surface area contributed by atoms with Crippen LogP contribution in [0.3, 0.4) is 0 Å². The minimum absolute atomic E-state index is 0.195. The van der Waals surface area contributed by atoms with Gasteiger partial charge in [-0.05, 0) is 36.1 Å². The minimum atomic E-state index is -0.897. The minimum Gasteiger partial charge on any atom is -0.508 e. The summed E-state index contributed by atoms with van der Waals surface area (Å²) in [6, 6.07) is 5.17. The van der Waals surface area contributed by atoms with E-state index in [9.17, 15) is 9.90 Å². The molecule has 2 N–H and O–H groups in total. The topological polar surface area (TPSA) is 60.8 Å². The lowest BCUT2D eigenvalue weighted by Crippen LogP contribution is -2.28. The van der Waals surface area contributed by atoms with Crippen molar-refractivity contribution < 1.29 is 15.0 Å². The van der Waals surface area contributed by atoms with Crippen molar-refractivity contribution in [1.82, 2.24) is 4.90 Å². The van der Waals surface area contributed by atoms with Crippen LogP contribution in [0.4, 0.5) is 4.79 Å². The first-order valence-corrected chi connectivity index (χ1v) is 4.95. The summed E-state index contributed by atoms with van der Waals surface area (Å²) in [4.78, 5) is 12.2. The van der Waals surface area contributed by atoms with Crippen LogP contribution in [-0.2, 0) is 13.0 Å². The van der Waals surface area contributed by atoms with E-state index >= 15 is 0 Å². The van der Waals surface area contributed by atoms with Crippen LogP contribution < -0.4 is 0 Å². The molecule has 15 heavy (non-hydrogen) atoms. The maximum atomic E-state index is 10.9. The molecule has 0 saturated heterocycles. The number of phenolic OH excluding ortho intramolecular Hbond substituents is 1. The number of carbonyl (C=O) groups is 1. The van der Waals surface area contributed by atoms with E-state index < -0.39 is 6.09 Å². The average Bonchev–Trinajstić information content (AvgIpc) is 2.39. The zero-order valence-electron chi connectivity index (χ0n) is 8.31. The Hall–Kier alpha value is -1.71. The fourth-order valence-corrected chi connectivity index (χ4v) is 1.91. The molecular formula is C11H13NO3. The van der Waals surface area contributed by atoms with Gasteiger partial charge in [0.1, 0.15) is 5.75 Å². The Morgan fingerprint density at radius 2 is 2.13 bits per heavy atom. The second-order valence-corrected chi connectivity index (χ2v) is 3.76. The molecule has 0 spiro atoms. The van der Waals surface area contributed by atoms with Gasteiger partial charge in [-0.15, -0.1) is 0 Å². The van der Waals surface area contributed by atoms with Gasteiger partial charge < -0.3 is 15.1 Å². The molecular weight excluding hydrogens is 194 g/mol. The van der Waals surface area contributed by atoms with E-state index in [1.165, 1.54) is 4.90 Å². The van der Waals surface area contributed by atoms with Gasteiger partial charge in [-0.2, -0.15) is 0 Å². The molecule has 80 valence electrons. The molecule has 1 aliphatic rings. The van der Waals surface area contributed by atoms with Crippen LogP contribution in [0.25, 0.3) is 0 Å². The summed E-state index contributed by atoms with van der Waals surface area (Å²) in [7, 11) is 0. The lowest BCUT2D eigenvalue weighted by atomic mass is 10.0. The van der Waals surface area contributed by atoms with Gasteiger partial charge in [0, 0.05) is 13.1 Å². The van der Waals surface area contributed by atoms with Crippen molar-refractivity contribution in [3.63, 3.8) is 0 Å². The zero-order valence-corrected chi connectivity index (χ0v) is 8.31. The Kier molecular flexibility index (Phi) is 2.49.